The van der Waals surface area contributed by atoms with E-state index >= 15 is 0 Å². The summed E-state index contributed by atoms with van der Waals surface area (Å²) in [6.45, 7) is 2.11. The minimum Gasteiger partial charge on any atom is -0.369 e. The normalized spacial score (nSPS) is 19.5. The molecule has 0 fully saturated rings. The molecular formula is C12H14N2S. The second-order valence-electron chi connectivity index (χ2n) is 3.91. The number of fused-ring (bicyclic) bond motifs is 1. The molecule has 1 aromatic rings. The van der Waals surface area contributed by atoms with Crippen molar-refractivity contribution in [3.05, 3.63) is 23.8 Å². The SMILES string of the molecule is Cc1ccc2c(c1)SCC(CC#N)N2C. The lowest BCUT2D eigenvalue weighted by molar-refractivity contribution is 0.698. The Labute approximate surface area is 94.9 Å². The van der Waals surface area contributed by atoms with Crippen molar-refractivity contribution in [1.82, 2.24) is 0 Å². The van der Waals surface area contributed by atoms with E-state index in [1.165, 1.54) is 16.1 Å². The van der Waals surface area contributed by atoms with Gasteiger partial charge < -0.3 is 4.90 Å². The van der Waals surface area contributed by atoms with Gasteiger partial charge in [0, 0.05) is 17.7 Å². The van der Waals surface area contributed by atoms with Crippen LogP contribution >= 0.6 is 11.8 Å². The van der Waals surface area contributed by atoms with Crippen LogP contribution in [0.1, 0.15) is 12.0 Å². The number of benzene rings is 1. The van der Waals surface area contributed by atoms with Gasteiger partial charge in [-0.2, -0.15) is 5.26 Å². The molecule has 1 aliphatic rings. The van der Waals surface area contributed by atoms with Crippen LogP contribution in [0.2, 0.25) is 0 Å². The molecule has 78 valence electrons. The molecule has 1 aromatic carbocycles. The number of anilines is 1. The Hall–Kier alpha value is -1.14. The highest BCUT2D eigenvalue weighted by atomic mass is 32.2. The van der Waals surface area contributed by atoms with E-state index in [4.69, 9.17) is 5.26 Å². The van der Waals surface area contributed by atoms with Crippen molar-refractivity contribution in [1.29, 1.82) is 5.26 Å². The first-order chi connectivity index (χ1) is 7.22. The molecule has 2 rings (SSSR count). The predicted octanol–water partition coefficient (Wildman–Crippen LogP) is 2.82. The van der Waals surface area contributed by atoms with Gasteiger partial charge in [0.25, 0.3) is 0 Å². The van der Waals surface area contributed by atoms with Crippen LogP contribution in [-0.4, -0.2) is 18.8 Å². The summed E-state index contributed by atoms with van der Waals surface area (Å²) < 4.78 is 0. The lowest BCUT2D eigenvalue weighted by atomic mass is 10.1. The molecule has 1 unspecified atom stereocenters. The van der Waals surface area contributed by atoms with Crippen molar-refractivity contribution < 1.29 is 0 Å². The predicted molar refractivity (Wildman–Crippen MR) is 64.3 cm³/mol. The summed E-state index contributed by atoms with van der Waals surface area (Å²) >= 11 is 1.86. The van der Waals surface area contributed by atoms with Crippen LogP contribution in [0.4, 0.5) is 5.69 Å². The Morgan fingerprint density at radius 3 is 3.13 bits per heavy atom. The van der Waals surface area contributed by atoms with Crippen molar-refractivity contribution in [3.63, 3.8) is 0 Å². The Balaban J connectivity index is 2.31. The molecule has 0 N–H and O–H groups in total. The lowest BCUT2D eigenvalue weighted by Crippen LogP contribution is -2.36. The topological polar surface area (TPSA) is 27.0 Å². The van der Waals surface area contributed by atoms with Crippen LogP contribution < -0.4 is 4.90 Å². The summed E-state index contributed by atoms with van der Waals surface area (Å²) in [6, 6.07) is 9.12. The average Bonchev–Trinajstić information content (AvgIpc) is 2.22. The van der Waals surface area contributed by atoms with Crippen molar-refractivity contribution >= 4 is 17.4 Å². The zero-order valence-corrected chi connectivity index (χ0v) is 9.84. The maximum absolute atomic E-state index is 8.74. The van der Waals surface area contributed by atoms with Crippen LogP contribution in [0.3, 0.4) is 0 Å². The quantitative estimate of drug-likeness (QED) is 0.725. The van der Waals surface area contributed by atoms with Gasteiger partial charge in [0.1, 0.15) is 0 Å². The number of thioether (sulfide) groups is 1. The van der Waals surface area contributed by atoms with Crippen LogP contribution in [0, 0.1) is 18.3 Å². The number of nitrogens with zero attached hydrogens (tertiary/aromatic N) is 2. The van der Waals surface area contributed by atoms with Crippen molar-refractivity contribution in [2.75, 3.05) is 17.7 Å². The zero-order valence-electron chi connectivity index (χ0n) is 9.03. The molecule has 0 saturated heterocycles. The van der Waals surface area contributed by atoms with Gasteiger partial charge in [0.05, 0.1) is 24.2 Å². The molecule has 0 aliphatic carbocycles. The molecule has 1 heterocycles. The molecule has 0 amide bonds. The van der Waals surface area contributed by atoms with E-state index in [1.54, 1.807) is 0 Å². The highest BCUT2D eigenvalue weighted by molar-refractivity contribution is 7.99. The summed E-state index contributed by atoms with van der Waals surface area (Å²) in [6.07, 6.45) is 0.608. The number of aryl methyl sites for hydroxylation is 1. The number of hydrogen-bond donors (Lipinski definition) is 0. The summed E-state index contributed by atoms with van der Waals surface area (Å²) in [4.78, 5) is 3.57. The van der Waals surface area contributed by atoms with Crippen molar-refractivity contribution in [2.24, 2.45) is 0 Å². The van der Waals surface area contributed by atoms with E-state index in [0.29, 0.717) is 12.5 Å². The van der Waals surface area contributed by atoms with Gasteiger partial charge >= 0.3 is 0 Å². The summed E-state index contributed by atoms with van der Waals surface area (Å²) in [5, 5.41) is 8.74. The highest BCUT2D eigenvalue weighted by Crippen LogP contribution is 2.37. The van der Waals surface area contributed by atoms with Crippen LogP contribution in [-0.2, 0) is 0 Å². The molecule has 3 heteroatoms. The van der Waals surface area contributed by atoms with Crippen molar-refractivity contribution in [3.8, 4) is 6.07 Å². The molecule has 0 spiro atoms. The lowest BCUT2D eigenvalue weighted by Gasteiger charge is -2.34. The van der Waals surface area contributed by atoms with Gasteiger partial charge in [-0.25, -0.2) is 0 Å². The summed E-state index contributed by atoms with van der Waals surface area (Å²) in [7, 11) is 2.08. The molecule has 15 heavy (non-hydrogen) atoms. The van der Waals surface area contributed by atoms with Gasteiger partial charge in [0.2, 0.25) is 0 Å². The van der Waals surface area contributed by atoms with Gasteiger partial charge in [-0.15, -0.1) is 11.8 Å². The third kappa shape index (κ3) is 1.95. The Bertz CT molecular complexity index is 409. The molecule has 1 aliphatic heterocycles. The number of rotatable bonds is 1. The first kappa shape index (κ1) is 10.4. The number of nitriles is 1. The fraction of sp³-hybridized carbons (Fsp3) is 0.417. The standard InChI is InChI=1S/C12H14N2S/c1-9-3-4-11-12(7-9)15-8-10(5-6-13)14(11)2/h3-4,7,10H,5,8H2,1-2H3. The van der Waals surface area contributed by atoms with Gasteiger partial charge in [-0.3, -0.25) is 0 Å². The van der Waals surface area contributed by atoms with Crippen molar-refractivity contribution in [2.45, 2.75) is 24.3 Å². The molecule has 0 saturated carbocycles. The maximum Gasteiger partial charge on any atom is 0.0643 e. The third-order valence-electron chi connectivity index (χ3n) is 2.80. The van der Waals surface area contributed by atoms with Gasteiger partial charge in [-0.1, -0.05) is 6.07 Å². The Morgan fingerprint density at radius 1 is 1.60 bits per heavy atom. The van der Waals surface area contributed by atoms with Crippen LogP contribution in [0.25, 0.3) is 0 Å². The van der Waals surface area contributed by atoms with E-state index in [9.17, 15) is 0 Å². The van der Waals surface area contributed by atoms with E-state index in [0.717, 1.165) is 5.75 Å². The molecule has 0 radical (unpaired) electrons. The molecule has 2 nitrogen and oxygen atoms in total. The van der Waals surface area contributed by atoms with E-state index < -0.39 is 0 Å². The molecular weight excluding hydrogens is 204 g/mol. The number of hydrogen-bond acceptors (Lipinski definition) is 3. The minimum absolute atomic E-state index is 0.357. The maximum atomic E-state index is 8.74. The van der Waals surface area contributed by atoms with Gasteiger partial charge in [-0.05, 0) is 24.6 Å². The summed E-state index contributed by atoms with van der Waals surface area (Å²) in [5.74, 6) is 1.01. The largest absolute Gasteiger partial charge is 0.369 e. The Morgan fingerprint density at radius 2 is 2.40 bits per heavy atom. The first-order valence-electron chi connectivity index (χ1n) is 5.05. The highest BCUT2D eigenvalue weighted by Gasteiger charge is 2.23. The summed E-state index contributed by atoms with van der Waals surface area (Å²) in [5.41, 5.74) is 2.56. The average molecular weight is 218 g/mol. The second-order valence-corrected chi connectivity index (χ2v) is 4.97. The third-order valence-corrected chi connectivity index (χ3v) is 3.99. The van der Waals surface area contributed by atoms with Crippen LogP contribution in [0.5, 0.6) is 0 Å². The molecule has 1 atom stereocenters. The monoisotopic (exact) mass is 218 g/mol. The fourth-order valence-electron chi connectivity index (χ4n) is 1.82. The minimum atomic E-state index is 0.357. The molecule has 0 aromatic heterocycles. The van der Waals surface area contributed by atoms with E-state index in [2.05, 4.69) is 43.1 Å². The van der Waals surface area contributed by atoms with E-state index in [1.807, 2.05) is 11.8 Å². The zero-order chi connectivity index (χ0) is 10.8. The van der Waals surface area contributed by atoms with Gasteiger partial charge in [0.15, 0.2) is 0 Å². The smallest absolute Gasteiger partial charge is 0.0643 e. The fourth-order valence-corrected chi connectivity index (χ4v) is 3.17. The Kier molecular flexibility index (Phi) is 2.88. The second kappa shape index (κ2) is 4.16. The first-order valence-corrected chi connectivity index (χ1v) is 6.04. The van der Waals surface area contributed by atoms with Crippen LogP contribution in [0.15, 0.2) is 23.1 Å². The van der Waals surface area contributed by atoms with E-state index in [-0.39, 0.29) is 0 Å². The molecule has 0 bridgehead atoms.